The number of nitrogens with zero attached hydrogens (tertiary/aromatic N) is 1. The fourth-order valence-electron chi connectivity index (χ4n) is 3.80. The van der Waals surface area contributed by atoms with E-state index < -0.39 is 17.7 Å². The minimum Gasteiger partial charge on any atom is -0.507 e. The van der Waals surface area contributed by atoms with E-state index in [1.54, 1.807) is 29.2 Å². The highest BCUT2D eigenvalue weighted by molar-refractivity contribution is 6.46. The van der Waals surface area contributed by atoms with E-state index in [2.05, 4.69) is 0 Å². The summed E-state index contributed by atoms with van der Waals surface area (Å²) in [6.45, 7) is 8.30. The number of hydrogen-bond donors (Lipinski definition) is 1. The average molecular weight is 408 g/mol. The summed E-state index contributed by atoms with van der Waals surface area (Å²) in [5.74, 6) is -0.781. The van der Waals surface area contributed by atoms with E-state index in [-0.39, 0.29) is 17.4 Å². The summed E-state index contributed by atoms with van der Waals surface area (Å²) >= 11 is 0. The van der Waals surface area contributed by atoms with Crippen molar-refractivity contribution in [3.63, 3.8) is 0 Å². The lowest BCUT2D eigenvalue weighted by atomic mass is 9.92. The van der Waals surface area contributed by atoms with Crippen LogP contribution in [0.1, 0.15) is 56.3 Å². The summed E-state index contributed by atoms with van der Waals surface area (Å²) in [4.78, 5) is 27.5. The van der Waals surface area contributed by atoms with Gasteiger partial charge in [0.1, 0.15) is 11.5 Å². The van der Waals surface area contributed by atoms with E-state index in [4.69, 9.17) is 4.74 Å². The highest BCUT2D eigenvalue weighted by Gasteiger charge is 2.46. The maximum Gasteiger partial charge on any atom is 0.295 e. The zero-order chi connectivity index (χ0) is 21.8. The van der Waals surface area contributed by atoms with Gasteiger partial charge in [0, 0.05) is 12.1 Å². The Kier molecular flexibility index (Phi) is 6.60. The first kappa shape index (κ1) is 21.6. The van der Waals surface area contributed by atoms with Gasteiger partial charge in [-0.2, -0.15) is 0 Å². The van der Waals surface area contributed by atoms with Crippen molar-refractivity contribution in [2.45, 2.75) is 52.7 Å². The lowest BCUT2D eigenvalue weighted by Crippen LogP contribution is -2.30. The normalized spacial score (nSPS) is 18.3. The van der Waals surface area contributed by atoms with Gasteiger partial charge in [-0.25, -0.2) is 0 Å². The highest BCUT2D eigenvalue weighted by atomic mass is 16.5. The number of aliphatic hydroxyl groups excluding tert-OH is 1. The molecule has 1 heterocycles. The van der Waals surface area contributed by atoms with E-state index in [0.29, 0.717) is 17.9 Å². The SMILES string of the molecule is CCCCN1C(=O)C(=O)/C(=C(/O)c2cccc(OC(C)C)c2)C1c1ccccc1C. The van der Waals surface area contributed by atoms with Crippen molar-refractivity contribution < 1.29 is 19.4 Å². The number of Topliss-reactive ketones (excluding diaryl/α,β-unsaturated/α-hetero) is 1. The van der Waals surface area contributed by atoms with Crippen molar-refractivity contribution in [1.82, 2.24) is 4.90 Å². The molecule has 0 aromatic heterocycles. The molecule has 1 aliphatic rings. The monoisotopic (exact) mass is 407 g/mol. The molecular weight excluding hydrogens is 378 g/mol. The third-order valence-electron chi connectivity index (χ3n) is 5.25. The molecule has 2 aromatic carbocycles. The molecule has 0 aliphatic carbocycles. The Morgan fingerprint density at radius 3 is 2.53 bits per heavy atom. The molecule has 0 spiro atoms. The molecular formula is C25H29NO4. The molecule has 1 N–H and O–H groups in total. The number of hydrogen-bond acceptors (Lipinski definition) is 4. The summed E-state index contributed by atoms with van der Waals surface area (Å²) in [7, 11) is 0. The van der Waals surface area contributed by atoms with Crippen molar-refractivity contribution in [1.29, 1.82) is 0 Å². The van der Waals surface area contributed by atoms with Crippen LogP contribution in [0, 0.1) is 6.92 Å². The van der Waals surface area contributed by atoms with E-state index in [0.717, 1.165) is 24.0 Å². The summed E-state index contributed by atoms with van der Waals surface area (Å²) in [5, 5.41) is 11.2. The maximum atomic E-state index is 13.0. The van der Waals surface area contributed by atoms with Gasteiger partial charge in [-0.05, 0) is 50.5 Å². The van der Waals surface area contributed by atoms with Crippen LogP contribution in [0.5, 0.6) is 5.75 Å². The van der Waals surface area contributed by atoms with Crippen molar-refractivity contribution in [2.24, 2.45) is 0 Å². The van der Waals surface area contributed by atoms with Gasteiger partial charge in [0.2, 0.25) is 0 Å². The van der Waals surface area contributed by atoms with E-state index >= 15 is 0 Å². The van der Waals surface area contributed by atoms with Crippen LogP contribution in [-0.2, 0) is 9.59 Å². The third kappa shape index (κ3) is 4.25. The fourth-order valence-corrected chi connectivity index (χ4v) is 3.80. The Morgan fingerprint density at radius 1 is 1.13 bits per heavy atom. The first-order chi connectivity index (χ1) is 14.3. The molecule has 5 nitrogen and oxygen atoms in total. The van der Waals surface area contributed by atoms with Crippen molar-refractivity contribution in [3.05, 3.63) is 70.8 Å². The van der Waals surface area contributed by atoms with Crippen molar-refractivity contribution in [3.8, 4) is 5.75 Å². The summed E-state index contributed by atoms with van der Waals surface area (Å²) in [6.07, 6.45) is 1.67. The number of aliphatic hydroxyl groups is 1. The van der Waals surface area contributed by atoms with Crippen LogP contribution in [-0.4, -0.2) is 34.3 Å². The van der Waals surface area contributed by atoms with Gasteiger partial charge in [-0.3, -0.25) is 9.59 Å². The van der Waals surface area contributed by atoms with Crippen LogP contribution in [0.25, 0.3) is 5.76 Å². The Balaban J connectivity index is 2.15. The van der Waals surface area contributed by atoms with Crippen LogP contribution >= 0.6 is 0 Å². The molecule has 1 atom stereocenters. The molecule has 2 aromatic rings. The summed E-state index contributed by atoms with van der Waals surface area (Å²) in [6, 6.07) is 14.1. The molecule has 3 rings (SSSR count). The highest BCUT2D eigenvalue weighted by Crippen LogP contribution is 2.40. The number of likely N-dealkylation sites (tertiary alicyclic amines) is 1. The minimum absolute atomic E-state index is 0.0195. The van der Waals surface area contributed by atoms with Crippen LogP contribution in [0.3, 0.4) is 0 Å². The van der Waals surface area contributed by atoms with Crippen LogP contribution in [0.4, 0.5) is 0 Å². The van der Waals surface area contributed by atoms with Gasteiger partial charge in [-0.1, -0.05) is 49.7 Å². The van der Waals surface area contributed by atoms with E-state index in [9.17, 15) is 14.7 Å². The number of carbonyl (C=O) groups is 2. The summed E-state index contributed by atoms with van der Waals surface area (Å²) in [5.41, 5.74) is 2.41. The number of unbranched alkanes of at least 4 members (excludes halogenated alkanes) is 1. The Hall–Kier alpha value is -3.08. The maximum absolute atomic E-state index is 13.0. The molecule has 0 saturated carbocycles. The first-order valence-electron chi connectivity index (χ1n) is 10.5. The molecule has 1 amide bonds. The van der Waals surface area contributed by atoms with Crippen LogP contribution in [0.2, 0.25) is 0 Å². The quantitative estimate of drug-likeness (QED) is 0.398. The number of benzene rings is 2. The molecule has 30 heavy (non-hydrogen) atoms. The fraction of sp³-hybridized carbons (Fsp3) is 0.360. The molecule has 158 valence electrons. The Bertz CT molecular complexity index is 977. The molecule has 1 unspecified atom stereocenters. The minimum atomic E-state index is -0.646. The summed E-state index contributed by atoms with van der Waals surface area (Å²) < 4.78 is 5.72. The second kappa shape index (κ2) is 9.16. The Labute approximate surface area is 178 Å². The molecule has 1 saturated heterocycles. The first-order valence-corrected chi connectivity index (χ1v) is 10.5. The second-order valence-corrected chi connectivity index (χ2v) is 7.90. The molecule has 1 fully saturated rings. The third-order valence-corrected chi connectivity index (χ3v) is 5.25. The smallest absolute Gasteiger partial charge is 0.295 e. The number of rotatable bonds is 7. The lowest BCUT2D eigenvalue weighted by Gasteiger charge is -2.26. The van der Waals surface area contributed by atoms with Crippen LogP contribution in [0.15, 0.2) is 54.1 Å². The van der Waals surface area contributed by atoms with Gasteiger partial charge in [0.15, 0.2) is 0 Å². The molecule has 0 bridgehead atoms. The average Bonchev–Trinajstić information content (AvgIpc) is 2.96. The molecule has 0 radical (unpaired) electrons. The molecule has 5 heteroatoms. The van der Waals surface area contributed by atoms with Crippen molar-refractivity contribution in [2.75, 3.05) is 6.54 Å². The van der Waals surface area contributed by atoms with Crippen LogP contribution < -0.4 is 4.74 Å². The number of aryl methyl sites for hydroxylation is 1. The number of carbonyl (C=O) groups excluding carboxylic acids is 2. The number of ether oxygens (including phenoxy) is 1. The van der Waals surface area contributed by atoms with Gasteiger partial charge in [-0.15, -0.1) is 0 Å². The molecule has 1 aliphatic heterocycles. The zero-order valence-electron chi connectivity index (χ0n) is 18.0. The predicted octanol–water partition coefficient (Wildman–Crippen LogP) is 5.00. The van der Waals surface area contributed by atoms with Gasteiger partial charge >= 0.3 is 0 Å². The van der Waals surface area contributed by atoms with Gasteiger partial charge in [0.25, 0.3) is 11.7 Å². The number of ketones is 1. The van der Waals surface area contributed by atoms with Gasteiger partial charge < -0.3 is 14.7 Å². The Morgan fingerprint density at radius 2 is 1.87 bits per heavy atom. The number of amides is 1. The lowest BCUT2D eigenvalue weighted by molar-refractivity contribution is -0.139. The van der Waals surface area contributed by atoms with E-state index in [1.165, 1.54) is 0 Å². The second-order valence-electron chi connectivity index (χ2n) is 7.90. The van der Waals surface area contributed by atoms with Crippen molar-refractivity contribution >= 4 is 17.4 Å². The standard InChI is InChI=1S/C25H29NO4/c1-5-6-14-26-22(20-13-8-7-10-17(20)4)21(24(28)25(26)29)23(27)18-11-9-12-19(15-18)30-16(2)3/h7-13,15-16,22,27H,5-6,14H2,1-4H3/b23-21+. The zero-order valence-corrected chi connectivity index (χ0v) is 18.0. The topological polar surface area (TPSA) is 66.8 Å². The predicted molar refractivity (Wildman–Crippen MR) is 117 cm³/mol. The van der Waals surface area contributed by atoms with E-state index in [1.807, 2.05) is 52.0 Å². The van der Waals surface area contributed by atoms with Gasteiger partial charge in [0.05, 0.1) is 17.7 Å². The largest absolute Gasteiger partial charge is 0.507 e.